The van der Waals surface area contributed by atoms with E-state index in [-0.39, 0.29) is 82.0 Å². The van der Waals surface area contributed by atoms with Crippen molar-refractivity contribution in [2.24, 2.45) is 47.3 Å². The molecule has 3 rings (SSSR count). The third-order valence-corrected chi connectivity index (χ3v) is 21.1. The average molecular weight is 1360 g/mol. The number of aliphatic hydroxyl groups is 16. The molecule has 22 heteroatoms. The average Bonchev–Trinajstić information content (AvgIpc) is 0.771. The van der Waals surface area contributed by atoms with Crippen LogP contribution in [-0.4, -0.2) is 241 Å². The highest BCUT2D eigenvalue weighted by Gasteiger charge is 2.53. The van der Waals surface area contributed by atoms with Gasteiger partial charge in [0.2, 0.25) is 0 Å². The second-order valence-corrected chi connectivity index (χ2v) is 30.0. The highest BCUT2D eigenvalue weighted by Crippen LogP contribution is 2.42. The highest BCUT2D eigenvalue weighted by atomic mass is 16.7. The van der Waals surface area contributed by atoms with Crippen molar-refractivity contribution in [3.8, 4) is 0 Å². The van der Waals surface area contributed by atoms with Gasteiger partial charge in [-0.2, -0.15) is 0 Å². The normalized spacial score (nSPS) is 44.8. The number of carbonyl (C=O) groups excluding carboxylic acids is 1. The smallest absolute Gasteiger partial charge is 0.311 e. The molecule has 0 aromatic heterocycles. The van der Waals surface area contributed by atoms with E-state index in [0.29, 0.717) is 62.0 Å². The molecule has 0 radical (unpaired) electrons. The molecule has 2 bridgehead atoms. The fourth-order valence-electron chi connectivity index (χ4n) is 13.6. The molecule has 3 aliphatic rings. The lowest BCUT2D eigenvalue weighted by Crippen LogP contribution is -2.64. The summed E-state index contributed by atoms with van der Waals surface area (Å²) < 4.78 is 24.6. The van der Waals surface area contributed by atoms with Gasteiger partial charge in [-0.05, 0) is 160 Å². The Morgan fingerprint density at radius 1 is 0.611 bits per heavy atom. The van der Waals surface area contributed by atoms with Crippen LogP contribution in [0.4, 0.5) is 0 Å². The minimum absolute atomic E-state index is 0.00505. The number of esters is 1. The molecule has 0 saturated carbocycles. The first-order valence-corrected chi connectivity index (χ1v) is 35.8. The van der Waals surface area contributed by atoms with Crippen LogP contribution in [-0.2, 0) is 23.7 Å². The van der Waals surface area contributed by atoms with Crippen LogP contribution in [0, 0.1) is 47.3 Å². The van der Waals surface area contributed by atoms with Crippen molar-refractivity contribution in [3.05, 3.63) is 47.6 Å². The number of fused-ring (bicyclic) bond motifs is 2. The van der Waals surface area contributed by atoms with E-state index in [0.717, 1.165) is 12.8 Å². The Balaban J connectivity index is 1.86. The summed E-state index contributed by atoms with van der Waals surface area (Å²) in [5, 5.41) is 180. The molecule has 2 fully saturated rings. The zero-order chi connectivity index (χ0) is 71.8. The first-order valence-electron chi connectivity index (χ1n) is 35.8. The number of likely N-dealkylation sites (N-methyl/N-ethyl adjacent to an activating group) is 1. The van der Waals surface area contributed by atoms with Gasteiger partial charge >= 0.3 is 5.97 Å². The third-order valence-electron chi connectivity index (χ3n) is 21.1. The first kappa shape index (κ1) is 86.8. The summed E-state index contributed by atoms with van der Waals surface area (Å²) in [7, 11) is 3.42. The van der Waals surface area contributed by atoms with Crippen LogP contribution in [0.15, 0.2) is 47.6 Å². The molecule has 95 heavy (non-hydrogen) atoms. The topological polar surface area (TPSA) is 381 Å². The molecule has 556 valence electrons. The van der Waals surface area contributed by atoms with Crippen LogP contribution < -0.4 is 0 Å². The number of allylic oxidation sites excluding steroid dienone is 2. The molecule has 22 nitrogen and oxygen atoms in total. The van der Waals surface area contributed by atoms with Gasteiger partial charge in [0.05, 0.1) is 116 Å². The lowest BCUT2D eigenvalue weighted by atomic mass is 9.80. The monoisotopic (exact) mass is 1360 g/mol. The first-order chi connectivity index (χ1) is 44.4. The number of rotatable bonds is 7. The molecule has 0 aromatic rings. The van der Waals surface area contributed by atoms with E-state index in [9.17, 15) is 86.5 Å². The second-order valence-electron chi connectivity index (χ2n) is 30.0. The Bertz CT molecular complexity index is 2260. The predicted octanol–water partition coefficient (Wildman–Crippen LogP) is 5.39. The summed E-state index contributed by atoms with van der Waals surface area (Å²) in [6, 6.07) is -0.772. The van der Waals surface area contributed by atoms with Gasteiger partial charge in [-0.25, -0.2) is 0 Å². The molecule has 16 N–H and O–H groups in total. The molecule has 3 heterocycles. The number of carbonyl (C=O) groups is 1. The Hall–Kier alpha value is -2.37. The fourth-order valence-corrected chi connectivity index (χ4v) is 13.6. The van der Waals surface area contributed by atoms with Crippen molar-refractivity contribution in [1.29, 1.82) is 0 Å². The van der Waals surface area contributed by atoms with Crippen molar-refractivity contribution in [2.75, 3.05) is 14.1 Å². The van der Waals surface area contributed by atoms with E-state index in [1.165, 1.54) is 12.2 Å². The Kier molecular flexibility index (Phi) is 39.1. The van der Waals surface area contributed by atoms with Gasteiger partial charge in [-0.15, -0.1) is 0 Å². The summed E-state index contributed by atoms with van der Waals surface area (Å²) in [5.41, 5.74) is 1.02. The van der Waals surface area contributed by atoms with E-state index in [1.54, 1.807) is 91.8 Å². The largest absolute Gasteiger partial charge is 0.458 e. The van der Waals surface area contributed by atoms with E-state index < -0.39 is 170 Å². The minimum atomic E-state index is -2.24. The second kappa shape index (κ2) is 42.8. The molecule has 0 amide bonds. The Morgan fingerprint density at radius 3 is 1.86 bits per heavy atom. The van der Waals surface area contributed by atoms with Crippen LogP contribution in [0.25, 0.3) is 0 Å². The fraction of sp³-hybridized carbons (Fsp3) is 0.877. The minimum Gasteiger partial charge on any atom is -0.458 e. The van der Waals surface area contributed by atoms with E-state index >= 15 is 0 Å². The number of cyclic esters (lactones) is 1. The maximum atomic E-state index is 13.8. The molecular weight excluding hydrogens is 1230 g/mol. The van der Waals surface area contributed by atoms with Crippen LogP contribution >= 0.6 is 0 Å². The molecule has 0 aliphatic carbocycles. The van der Waals surface area contributed by atoms with Crippen molar-refractivity contribution in [1.82, 2.24) is 4.90 Å². The van der Waals surface area contributed by atoms with Gasteiger partial charge in [0, 0.05) is 42.9 Å². The van der Waals surface area contributed by atoms with Crippen molar-refractivity contribution in [2.45, 2.75) is 346 Å². The Labute approximate surface area is 568 Å². The zero-order valence-corrected chi connectivity index (χ0v) is 60.0. The van der Waals surface area contributed by atoms with E-state index in [1.807, 2.05) is 20.8 Å². The van der Waals surface area contributed by atoms with Gasteiger partial charge < -0.3 is 106 Å². The number of hydrogen-bond acceptors (Lipinski definition) is 22. The van der Waals surface area contributed by atoms with Gasteiger partial charge in [-0.3, -0.25) is 4.79 Å². The highest BCUT2D eigenvalue weighted by molar-refractivity contribution is 5.71. The van der Waals surface area contributed by atoms with Crippen molar-refractivity contribution in [3.63, 3.8) is 0 Å². The molecule has 29 atom stereocenters. The SMILES string of the molecule is C/C1=C/C(CCCC(C)C)C(O)C(O)CCC(O)CC(O)CC(O)C(C)CCC(O)C(C)C(C)CCCC(O)CC(O)/C=C/C(C)OC(=O)CC2(O)OC(CC(O[C@@H]3O[C@H](C)[C@@H](O)[C@H](N(C)C)[C@H]3O)C2C)C(C)C(O)/C(C)=C/C=C/CC(O)C(C)C(O)CCCC(O)CC1O. The number of ether oxygens (including phenoxy) is 4. The number of aliphatic hydroxyl groups excluding tert-OH is 15. The van der Waals surface area contributed by atoms with Gasteiger partial charge in [0.1, 0.15) is 12.2 Å². The molecule has 2 saturated heterocycles. The zero-order valence-electron chi connectivity index (χ0n) is 60.0. The maximum absolute atomic E-state index is 13.8. The summed E-state index contributed by atoms with van der Waals surface area (Å²) in [6.45, 7) is 21.7. The van der Waals surface area contributed by atoms with Crippen LogP contribution in [0.5, 0.6) is 0 Å². The van der Waals surface area contributed by atoms with Crippen LogP contribution in [0.3, 0.4) is 0 Å². The molecule has 0 spiro atoms. The van der Waals surface area contributed by atoms with Crippen LogP contribution in [0.2, 0.25) is 0 Å². The molecule has 0 aromatic carbocycles. The van der Waals surface area contributed by atoms with Crippen LogP contribution in [0.1, 0.15) is 212 Å². The molecular formula is C73H133NO21. The van der Waals surface area contributed by atoms with E-state index in [2.05, 4.69) is 13.8 Å². The standard InChI is InChI=1S/C73H133NO21/c1-41(2)20-17-23-52-34-45(6)63(85)37-54(76)25-19-27-59(81)48(9)58(80)26-16-15-21-44(5)68(87)49(10)64-39-65(94-72-71(90)67(74(13)14)69(88)51(12)93-72)50(11)73(91,95-64)40-66(86)92-46(7)29-30-55(77)35-53(75)24-18-22-42(3)47(8)60(82)32-28-43(4)62(84)38-57(79)36-56(78)31-33-61(83)70(52)89/h15-16,21,29-30,34,41-43,46-65,67-72,75-85,87-91H,17-20,22-28,31-33,35-40H2,1-14H3/b16-15+,30-29+,44-21+,45-34-/t42?,43?,46?,47?,48?,49?,50?,51-,52?,53?,54?,55?,56?,57?,58?,59?,60?,61?,62?,63?,64?,65?,67+,68?,69-,70?,71-,72+,73?/m1/s1. The molecule has 3 aliphatic heterocycles. The summed E-state index contributed by atoms with van der Waals surface area (Å²) in [6.07, 6.45) is -5.42. The number of hydrogen-bond donors (Lipinski definition) is 16. The predicted molar refractivity (Wildman–Crippen MR) is 364 cm³/mol. The van der Waals surface area contributed by atoms with Gasteiger partial charge in [0.15, 0.2) is 12.1 Å². The lowest BCUT2D eigenvalue weighted by molar-refractivity contribution is -0.351. The Morgan fingerprint density at radius 2 is 1.22 bits per heavy atom. The number of nitrogens with zero attached hydrogens (tertiary/aromatic N) is 1. The summed E-state index contributed by atoms with van der Waals surface area (Å²) in [4.78, 5) is 15.4. The van der Waals surface area contributed by atoms with Crippen molar-refractivity contribution >= 4 is 5.97 Å². The maximum Gasteiger partial charge on any atom is 0.311 e. The quantitative estimate of drug-likeness (QED) is 0.112. The molecule has 24 unspecified atom stereocenters. The lowest BCUT2D eigenvalue weighted by Gasteiger charge is -2.50. The van der Waals surface area contributed by atoms with Crippen molar-refractivity contribution < 1.29 is 105 Å². The van der Waals surface area contributed by atoms with Gasteiger partial charge in [0.25, 0.3) is 0 Å². The third kappa shape index (κ3) is 29.6. The summed E-state index contributed by atoms with van der Waals surface area (Å²) >= 11 is 0. The van der Waals surface area contributed by atoms with E-state index in [4.69, 9.17) is 18.9 Å². The van der Waals surface area contributed by atoms with Gasteiger partial charge in [-0.1, -0.05) is 111 Å². The summed E-state index contributed by atoms with van der Waals surface area (Å²) in [5.74, 6) is -5.81.